The van der Waals surface area contributed by atoms with Crippen LogP contribution in [0.25, 0.3) is 28.0 Å². The fourth-order valence-corrected chi connectivity index (χ4v) is 8.20. The zero-order valence-electron chi connectivity index (χ0n) is 28.4. The van der Waals surface area contributed by atoms with Gasteiger partial charge in [-0.25, -0.2) is 49.1 Å². The molecule has 286 valence electrons. The number of aromatic nitrogens is 4. The number of fused-ring (bicyclic) bond motifs is 1. The Morgan fingerprint density at radius 3 is 2.20 bits per heavy atom. The van der Waals surface area contributed by atoms with Crippen molar-refractivity contribution >= 4 is 26.9 Å². The van der Waals surface area contributed by atoms with Crippen LogP contribution in [0.4, 0.5) is 45.3 Å². The quantitative estimate of drug-likeness (QED) is 0.114. The predicted molar refractivity (Wildman–Crippen MR) is 176 cm³/mol. The number of aromatic hydroxyl groups is 1. The largest absolute Gasteiger partial charge is 0.507 e. The first-order valence-electron chi connectivity index (χ1n) is 15.9. The summed E-state index contributed by atoms with van der Waals surface area (Å²) in [6.45, 7) is 4.39. The number of halogens is 9. The Hall–Kier alpha value is -5.24. The summed E-state index contributed by atoms with van der Waals surface area (Å²) in [5.41, 5.74) is -4.42. The molecule has 2 aromatic carbocycles. The highest BCUT2D eigenvalue weighted by molar-refractivity contribution is 7.89. The van der Waals surface area contributed by atoms with Crippen LogP contribution in [0.3, 0.4) is 0 Å². The number of rotatable bonds is 6. The van der Waals surface area contributed by atoms with Crippen molar-refractivity contribution in [3.05, 3.63) is 98.7 Å². The lowest BCUT2D eigenvalue weighted by molar-refractivity contribution is -0.143. The van der Waals surface area contributed by atoms with E-state index >= 15 is 8.78 Å². The summed E-state index contributed by atoms with van der Waals surface area (Å²) < 4.78 is 158. The summed E-state index contributed by atoms with van der Waals surface area (Å²) in [6, 6.07) is 4.46. The normalized spacial score (nSPS) is 15.8. The van der Waals surface area contributed by atoms with Crippen molar-refractivity contribution in [2.75, 3.05) is 24.5 Å². The molecule has 0 spiro atoms. The van der Waals surface area contributed by atoms with Crippen LogP contribution < -0.4 is 10.6 Å². The van der Waals surface area contributed by atoms with Crippen molar-refractivity contribution in [2.24, 2.45) is 0 Å². The van der Waals surface area contributed by atoms with Crippen molar-refractivity contribution in [1.82, 2.24) is 23.8 Å². The number of anilines is 1. The maximum absolute atomic E-state index is 16.0. The molecule has 0 aliphatic carbocycles. The van der Waals surface area contributed by atoms with Crippen LogP contribution >= 0.6 is 0 Å². The van der Waals surface area contributed by atoms with E-state index in [1.54, 1.807) is 26.8 Å². The van der Waals surface area contributed by atoms with Gasteiger partial charge in [-0.05, 0) is 49.6 Å². The number of hydrogen-bond donors (Lipinski definition) is 1. The molecule has 1 saturated heterocycles. The van der Waals surface area contributed by atoms with Gasteiger partial charge in [0.05, 0.1) is 22.3 Å². The minimum absolute atomic E-state index is 0.194. The van der Waals surface area contributed by atoms with Crippen molar-refractivity contribution in [1.29, 1.82) is 0 Å². The van der Waals surface area contributed by atoms with Gasteiger partial charge in [-0.3, -0.25) is 4.98 Å². The van der Waals surface area contributed by atoms with Gasteiger partial charge in [0.15, 0.2) is 34.7 Å². The van der Waals surface area contributed by atoms with Gasteiger partial charge >= 0.3 is 11.9 Å². The van der Waals surface area contributed by atoms with E-state index < -0.39 is 110 Å². The molecule has 1 aliphatic heterocycles. The summed E-state index contributed by atoms with van der Waals surface area (Å²) in [5.74, 6) is -14.9. The molecule has 0 saturated carbocycles. The first-order valence-corrected chi connectivity index (χ1v) is 17.4. The summed E-state index contributed by atoms with van der Waals surface area (Å²) in [7, 11) is -5.73. The van der Waals surface area contributed by atoms with Gasteiger partial charge in [-0.1, -0.05) is 19.9 Å². The van der Waals surface area contributed by atoms with Gasteiger partial charge in [0.2, 0.25) is 10.0 Å². The van der Waals surface area contributed by atoms with Crippen LogP contribution in [0.5, 0.6) is 5.75 Å². The zero-order chi connectivity index (χ0) is 39.8. The third kappa shape index (κ3) is 6.19. The second kappa shape index (κ2) is 13.6. The molecule has 54 heavy (non-hydrogen) atoms. The molecular weight excluding hydrogens is 759 g/mol. The van der Waals surface area contributed by atoms with Gasteiger partial charge in [0, 0.05) is 31.9 Å². The molecule has 0 amide bonds. The van der Waals surface area contributed by atoms with Crippen LogP contribution in [0.15, 0.2) is 46.2 Å². The van der Waals surface area contributed by atoms with E-state index in [0.717, 1.165) is 22.8 Å². The van der Waals surface area contributed by atoms with Gasteiger partial charge in [-0.2, -0.15) is 22.5 Å². The molecule has 3 aromatic heterocycles. The molecule has 1 fully saturated rings. The number of pyridine rings is 2. The molecule has 0 unspecified atom stereocenters. The second-order valence-electron chi connectivity index (χ2n) is 12.8. The van der Waals surface area contributed by atoms with Crippen molar-refractivity contribution in [3.8, 4) is 22.7 Å². The average molecular weight is 787 g/mol. The molecule has 0 bridgehead atoms. The minimum atomic E-state index is -5.97. The van der Waals surface area contributed by atoms with E-state index in [1.807, 2.05) is 0 Å². The number of benzene rings is 2. The third-order valence-corrected chi connectivity index (χ3v) is 10.8. The summed E-state index contributed by atoms with van der Waals surface area (Å²) >= 11 is 0. The van der Waals surface area contributed by atoms with Gasteiger partial charge in [0.1, 0.15) is 33.5 Å². The van der Waals surface area contributed by atoms with Gasteiger partial charge in [0.25, 0.3) is 0 Å². The number of aryl methyl sites for hydroxylation is 1. The Kier molecular flexibility index (Phi) is 9.66. The Morgan fingerprint density at radius 2 is 1.59 bits per heavy atom. The van der Waals surface area contributed by atoms with Crippen LogP contribution in [0, 0.1) is 41.8 Å². The topological polar surface area (TPSA) is 122 Å². The highest BCUT2D eigenvalue weighted by atomic mass is 32.2. The van der Waals surface area contributed by atoms with E-state index in [2.05, 4.69) is 15.0 Å². The van der Waals surface area contributed by atoms with Crippen molar-refractivity contribution in [3.63, 3.8) is 0 Å². The highest BCUT2D eigenvalue weighted by Crippen LogP contribution is 2.42. The highest BCUT2D eigenvalue weighted by Gasteiger charge is 2.48. The van der Waals surface area contributed by atoms with E-state index in [1.165, 1.54) is 24.1 Å². The second-order valence-corrected chi connectivity index (χ2v) is 14.6. The number of piperazine rings is 1. The number of phenolic OH excluding ortho intramolecular Hbond substituents is 1. The smallest absolute Gasteiger partial charge is 0.420 e. The number of alkyl halides is 3. The molecule has 10 nitrogen and oxygen atoms in total. The molecule has 0 radical (unpaired) electrons. The van der Waals surface area contributed by atoms with Crippen LogP contribution in [-0.2, 0) is 16.2 Å². The average Bonchev–Trinajstić information content (AvgIpc) is 3.08. The number of sulfonamides is 1. The first-order chi connectivity index (χ1) is 25.2. The molecule has 5 aromatic rings. The molecule has 1 N–H and O–H groups in total. The predicted octanol–water partition coefficient (Wildman–Crippen LogP) is 6.73. The standard InChI is InChI=1S/C34H27F9N6O4S/c1-14(2)27-29(15(3)8-9-44-27)49-32-17(12-19(36)28(45-32)21-18(35)6-5-7-20(21)50)31(46-33(49)51)48-11-10-47(13-16(48)4)54(52,53)30-22(34(41,42)43)23(37)24(38)25(39)26(30)40/h5-9,12,14,16,50H,10-11,13H2,1-4H3/t16-/m0/s1. The molecule has 20 heteroatoms. The summed E-state index contributed by atoms with van der Waals surface area (Å²) in [4.78, 5) is 25.7. The fraction of sp³-hybridized carbons (Fsp3) is 0.294. The van der Waals surface area contributed by atoms with E-state index in [-0.39, 0.29) is 32.8 Å². The summed E-state index contributed by atoms with van der Waals surface area (Å²) in [6.07, 6.45) is -4.48. The number of phenols is 1. The van der Waals surface area contributed by atoms with Gasteiger partial charge < -0.3 is 10.0 Å². The lowest BCUT2D eigenvalue weighted by Crippen LogP contribution is -2.54. The third-order valence-electron chi connectivity index (χ3n) is 8.92. The lowest BCUT2D eigenvalue weighted by atomic mass is 10.0. The Morgan fingerprint density at radius 1 is 0.926 bits per heavy atom. The lowest BCUT2D eigenvalue weighted by Gasteiger charge is -2.40. The monoisotopic (exact) mass is 786 g/mol. The molecular formula is C34H27F9N6O4S. The maximum atomic E-state index is 16.0. The Bertz CT molecular complexity index is 2510. The number of hydrogen-bond acceptors (Lipinski definition) is 8. The number of nitrogens with zero attached hydrogens (tertiary/aromatic N) is 6. The SMILES string of the molecule is Cc1ccnc(C(C)C)c1-n1c(=O)nc(N2CCN(S(=O)(=O)c3c(F)c(F)c(F)c(F)c3C(F)(F)F)C[C@@H]2C)c2cc(F)c(-c3c(O)cccc3F)nc21. The van der Waals surface area contributed by atoms with E-state index in [4.69, 9.17) is 0 Å². The molecule has 6 rings (SSSR count). The zero-order valence-corrected chi connectivity index (χ0v) is 29.2. The molecule has 1 aliphatic rings. The van der Waals surface area contributed by atoms with Crippen molar-refractivity contribution in [2.45, 2.75) is 50.7 Å². The van der Waals surface area contributed by atoms with Crippen LogP contribution in [0.1, 0.15) is 43.5 Å². The van der Waals surface area contributed by atoms with Gasteiger partial charge in [-0.15, -0.1) is 0 Å². The summed E-state index contributed by atoms with van der Waals surface area (Å²) in [5, 5.41) is 10.3. The molecule has 4 heterocycles. The molecule has 1 atom stereocenters. The minimum Gasteiger partial charge on any atom is -0.507 e. The van der Waals surface area contributed by atoms with E-state index in [9.17, 15) is 49.1 Å². The van der Waals surface area contributed by atoms with E-state index in [0.29, 0.717) is 11.3 Å². The van der Waals surface area contributed by atoms with Crippen molar-refractivity contribution < 1.29 is 53.0 Å². The maximum Gasteiger partial charge on any atom is 0.420 e. The Balaban J connectivity index is 1.53. The first kappa shape index (κ1) is 38.5. The van der Waals surface area contributed by atoms with Crippen LogP contribution in [0.2, 0.25) is 0 Å². The Labute approximate surface area is 300 Å². The fourth-order valence-electron chi connectivity index (χ4n) is 6.43. The van der Waals surface area contributed by atoms with Crippen LogP contribution in [-0.4, -0.2) is 63.0 Å².